The van der Waals surface area contributed by atoms with Gasteiger partial charge in [0.15, 0.2) is 0 Å². The standard InChI is InChI=1S/C16H35O2P/c1-5-9-11-15(7-3)13-19(17,18)14-16(8-4)12-10-6-2/h15-16H,5-14H2,1-4H3,(H,17,18)/t15-,16+. The van der Waals surface area contributed by atoms with Gasteiger partial charge in [0.1, 0.15) is 0 Å². The highest BCUT2D eigenvalue weighted by atomic mass is 31.2. The minimum absolute atomic E-state index is 0.444. The van der Waals surface area contributed by atoms with Crippen molar-refractivity contribution in [1.82, 2.24) is 0 Å². The molecule has 1 unspecified atom stereocenters. The van der Waals surface area contributed by atoms with E-state index >= 15 is 0 Å². The maximum atomic E-state index is 12.4. The van der Waals surface area contributed by atoms with Gasteiger partial charge in [0.05, 0.1) is 0 Å². The highest BCUT2D eigenvalue weighted by molar-refractivity contribution is 7.58. The van der Waals surface area contributed by atoms with Crippen molar-refractivity contribution in [2.45, 2.75) is 79.1 Å². The van der Waals surface area contributed by atoms with Crippen LogP contribution in [-0.2, 0) is 4.57 Å². The van der Waals surface area contributed by atoms with E-state index in [9.17, 15) is 9.46 Å². The molecule has 2 nitrogen and oxygen atoms in total. The van der Waals surface area contributed by atoms with Gasteiger partial charge >= 0.3 is 0 Å². The molecule has 0 aromatic rings. The minimum Gasteiger partial charge on any atom is -0.344 e. The molecule has 0 amide bonds. The first kappa shape index (κ1) is 19.2. The van der Waals surface area contributed by atoms with Crippen LogP contribution in [0, 0.1) is 11.8 Å². The summed E-state index contributed by atoms with van der Waals surface area (Å²) in [5.41, 5.74) is 0. The van der Waals surface area contributed by atoms with Crippen molar-refractivity contribution in [3.05, 3.63) is 0 Å². The summed E-state index contributed by atoms with van der Waals surface area (Å²) in [6.45, 7) is 8.66. The molecule has 0 aromatic heterocycles. The molecule has 0 fully saturated rings. The molecule has 0 bridgehead atoms. The van der Waals surface area contributed by atoms with Gasteiger partial charge in [-0.25, -0.2) is 0 Å². The summed E-state index contributed by atoms with van der Waals surface area (Å²) >= 11 is 0. The van der Waals surface area contributed by atoms with Crippen LogP contribution in [0.3, 0.4) is 0 Å². The summed E-state index contributed by atoms with van der Waals surface area (Å²) in [5, 5.41) is 0. The maximum Gasteiger partial charge on any atom is 0.201 e. The van der Waals surface area contributed by atoms with Crippen molar-refractivity contribution in [2.75, 3.05) is 12.3 Å². The third kappa shape index (κ3) is 9.68. The monoisotopic (exact) mass is 290 g/mol. The van der Waals surface area contributed by atoms with E-state index in [0.29, 0.717) is 24.2 Å². The summed E-state index contributed by atoms with van der Waals surface area (Å²) < 4.78 is 12.4. The van der Waals surface area contributed by atoms with Crippen LogP contribution in [-0.4, -0.2) is 17.2 Å². The van der Waals surface area contributed by atoms with Gasteiger partial charge < -0.3 is 4.89 Å². The fraction of sp³-hybridized carbons (Fsp3) is 1.00. The molecule has 0 aliphatic rings. The van der Waals surface area contributed by atoms with E-state index in [2.05, 4.69) is 27.7 Å². The number of hydrogen-bond acceptors (Lipinski definition) is 1. The minimum atomic E-state index is -2.92. The van der Waals surface area contributed by atoms with Crippen LogP contribution in [0.2, 0.25) is 0 Å². The van der Waals surface area contributed by atoms with Crippen LogP contribution in [0.15, 0.2) is 0 Å². The van der Waals surface area contributed by atoms with Gasteiger partial charge in [-0.1, -0.05) is 66.2 Å². The average molecular weight is 290 g/mol. The topological polar surface area (TPSA) is 37.3 Å². The molecule has 0 radical (unpaired) electrons. The van der Waals surface area contributed by atoms with Gasteiger partial charge in [-0.3, -0.25) is 4.57 Å². The second-order valence-electron chi connectivity index (χ2n) is 6.04. The van der Waals surface area contributed by atoms with E-state index in [4.69, 9.17) is 0 Å². The third-order valence-electron chi connectivity index (χ3n) is 4.17. The first-order valence-corrected chi connectivity index (χ1v) is 10.3. The summed E-state index contributed by atoms with van der Waals surface area (Å²) in [6, 6.07) is 0. The van der Waals surface area contributed by atoms with Gasteiger partial charge in [0.2, 0.25) is 7.37 Å². The van der Waals surface area contributed by atoms with Crippen molar-refractivity contribution < 1.29 is 9.46 Å². The molecule has 0 rings (SSSR count). The first-order valence-electron chi connectivity index (χ1n) is 8.29. The fourth-order valence-electron chi connectivity index (χ4n) is 2.72. The normalized spacial score (nSPS) is 17.9. The Morgan fingerprint density at radius 1 is 0.842 bits per heavy atom. The predicted molar refractivity (Wildman–Crippen MR) is 86.2 cm³/mol. The molecule has 0 heterocycles. The molecule has 3 atom stereocenters. The molecule has 116 valence electrons. The van der Waals surface area contributed by atoms with E-state index in [1.54, 1.807) is 0 Å². The van der Waals surface area contributed by atoms with Crippen molar-refractivity contribution in [2.24, 2.45) is 11.8 Å². The Labute approximate surface area is 120 Å². The third-order valence-corrected chi connectivity index (χ3v) is 6.35. The lowest BCUT2D eigenvalue weighted by Gasteiger charge is -2.23. The van der Waals surface area contributed by atoms with Crippen LogP contribution in [0.4, 0.5) is 0 Å². The highest BCUT2D eigenvalue weighted by Crippen LogP contribution is 2.47. The molecule has 0 saturated heterocycles. The lowest BCUT2D eigenvalue weighted by Crippen LogP contribution is -2.13. The molecule has 0 aliphatic heterocycles. The van der Waals surface area contributed by atoms with E-state index < -0.39 is 7.37 Å². The van der Waals surface area contributed by atoms with E-state index in [-0.39, 0.29) is 0 Å². The van der Waals surface area contributed by atoms with Crippen molar-refractivity contribution in [3.8, 4) is 0 Å². The zero-order valence-electron chi connectivity index (χ0n) is 13.5. The molecule has 0 aliphatic carbocycles. The number of hydrogen-bond donors (Lipinski definition) is 1. The lowest BCUT2D eigenvalue weighted by atomic mass is 10.0. The largest absolute Gasteiger partial charge is 0.344 e. The Morgan fingerprint density at radius 3 is 1.47 bits per heavy atom. The smallest absolute Gasteiger partial charge is 0.201 e. The van der Waals surface area contributed by atoms with Crippen molar-refractivity contribution in [1.29, 1.82) is 0 Å². The van der Waals surface area contributed by atoms with Crippen LogP contribution in [0.25, 0.3) is 0 Å². The fourth-order valence-corrected chi connectivity index (χ4v) is 5.36. The zero-order chi connectivity index (χ0) is 14.7. The van der Waals surface area contributed by atoms with E-state index in [1.165, 1.54) is 25.7 Å². The summed E-state index contributed by atoms with van der Waals surface area (Å²) in [5.74, 6) is 0.888. The lowest BCUT2D eigenvalue weighted by molar-refractivity contribution is 0.414. The Morgan fingerprint density at radius 2 is 1.21 bits per heavy atom. The second kappa shape index (κ2) is 10.9. The molecular formula is C16H35O2P. The zero-order valence-corrected chi connectivity index (χ0v) is 14.4. The SMILES string of the molecule is CCCC[C@@H](CC)CP(=O)(O)C[C@@H](CC)CCCC. The summed E-state index contributed by atoms with van der Waals surface area (Å²) in [6.07, 6.45) is 10.1. The highest BCUT2D eigenvalue weighted by Gasteiger charge is 2.26. The Balaban J connectivity index is 4.29. The molecule has 0 spiro atoms. The van der Waals surface area contributed by atoms with Crippen LogP contribution in [0.5, 0.6) is 0 Å². The quantitative estimate of drug-likeness (QED) is 0.469. The number of unbranched alkanes of at least 4 members (excludes halogenated alkanes) is 2. The van der Waals surface area contributed by atoms with Gasteiger partial charge in [0.25, 0.3) is 0 Å². The Kier molecular flexibility index (Phi) is 11.0. The van der Waals surface area contributed by atoms with Crippen LogP contribution in [0.1, 0.15) is 79.1 Å². The average Bonchev–Trinajstić information content (AvgIpc) is 2.39. The molecular weight excluding hydrogens is 255 g/mol. The van der Waals surface area contributed by atoms with E-state index in [1.807, 2.05) is 0 Å². The molecule has 0 saturated carbocycles. The number of rotatable bonds is 12. The van der Waals surface area contributed by atoms with Gasteiger partial charge in [-0.2, -0.15) is 0 Å². The summed E-state index contributed by atoms with van der Waals surface area (Å²) in [4.78, 5) is 10.3. The molecule has 0 aromatic carbocycles. The van der Waals surface area contributed by atoms with E-state index in [0.717, 1.165) is 25.7 Å². The molecule has 1 N–H and O–H groups in total. The molecule has 19 heavy (non-hydrogen) atoms. The second-order valence-corrected chi connectivity index (χ2v) is 8.47. The van der Waals surface area contributed by atoms with Crippen LogP contribution < -0.4 is 0 Å². The van der Waals surface area contributed by atoms with Crippen LogP contribution >= 0.6 is 7.37 Å². The predicted octanol–water partition coefficient (Wildman–Crippen LogP) is 5.69. The molecule has 3 heteroatoms. The van der Waals surface area contributed by atoms with Gasteiger partial charge in [-0.05, 0) is 24.7 Å². The Bertz CT molecular complexity index is 231. The van der Waals surface area contributed by atoms with Crippen molar-refractivity contribution >= 4 is 7.37 Å². The maximum absolute atomic E-state index is 12.4. The first-order chi connectivity index (χ1) is 8.99. The Hall–Kier alpha value is 0.190. The van der Waals surface area contributed by atoms with Crippen molar-refractivity contribution in [3.63, 3.8) is 0 Å². The van der Waals surface area contributed by atoms with Gasteiger partial charge in [0, 0.05) is 12.3 Å². The van der Waals surface area contributed by atoms with Gasteiger partial charge in [-0.15, -0.1) is 0 Å². The summed E-state index contributed by atoms with van der Waals surface area (Å²) in [7, 11) is -2.92.